The largest absolute Gasteiger partial charge is 0.375 e. The Morgan fingerprint density at radius 1 is 1.48 bits per heavy atom. The van der Waals surface area contributed by atoms with Crippen molar-refractivity contribution >= 4 is 21.4 Å². The Labute approximate surface area is 130 Å². The molecule has 1 aliphatic heterocycles. The van der Waals surface area contributed by atoms with E-state index in [9.17, 15) is 8.42 Å². The van der Waals surface area contributed by atoms with E-state index < -0.39 is 10.0 Å². The monoisotopic (exact) mass is 332 g/mol. The molecule has 3 N–H and O–H groups in total. The maximum absolute atomic E-state index is 12.4. The van der Waals surface area contributed by atoms with E-state index in [1.54, 1.807) is 11.4 Å². The number of thiophene rings is 1. The lowest BCUT2D eigenvalue weighted by Crippen LogP contribution is -2.48. The van der Waals surface area contributed by atoms with Crippen LogP contribution in [0.25, 0.3) is 0 Å². The van der Waals surface area contributed by atoms with Crippen LogP contribution in [0.3, 0.4) is 0 Å². The molecule has 5 nitrogen and oxygen atoms in total. The van der Waals surface area contributed by atoms with Crippen molar-refractivity contribution in [2.75, 3.05) is 6.61 Å². The predicted molar refractivity (Wildman–Crippen MR) is 84.8 cm³/mol. The number of nitrogens with two attached hydrogens (primary N) is 1. The van der Waals surface area contributed by atoms with Gasteiger partial charge in [0.1, 0.15) is 0 Å². The smallest absolute Gasteiger partial charge is 0.241 e. The minimum atomic E-state index is -3.47. The number of rotatable bonds is 6. The summed E-state index contributed by atoms with van der Waals surface area (Å²) in [4.78, 5) is 1.19. The van der Waals surface area contributed by atoms with Gasteiger partial charge in [-0.25, -0.2) is 13.1 Å². The molecule has 1 aromatic rings. The molecule has 0 aromatic carbocycles. The average Bonchev–Trinajstić information content (AvgIpc) is 2.97. The van der Waals surface area contributed by atoms with E-state index >= 15 is 0 Å². The Hall–Kier alpha value is -0.470. The molecule has 1 aromatic heterocycles. The molecule has 0 radical (unpaired) electrons. The molecular formula is C14H24N2O3S2. The average molecular weight is 332 g/mol. The molecule has 7 heteroatoms. The van der Waals surface area contributed by atoms with Crippen molar-refractivity contribution in [3.8, 4) is 0 Å². The molecular weight excluding hydrogens is 308 g/mol. The molecule has 2 heterocycles. The summed E-state index contributed by atoms with van der Waals surface area (Å²) < 4.78 is 33.6. The van der Waals surface area contributed by atoms with E-state index in [-0.39, 0.29) is 11.6 Å². The van der Waals surface area contributed by atoms with E-state index in [4.69, 9.17) is 10.5 Å². The highest BCUT2D eigenvalue weighted by molar-refractivity contribution is 7.89. The topological polar surface area (TPSA) is 81.4 Å². The quantitative estimate of drug-likeness (QED) is 0.837. The standard InChI is InChI=1S/C14H24N2O3S2/c1-3-14(4-2)8-11(5-6-19-14)16-21(17,18)13-7-12(9-15)20-10-13/h7,10-11,16H,3-6,8-9,15H2,1-2H3. The van der Waals surface area contributed by atoms with Gasteiger partial charge in [0.2, 0.25) is 10.0 Å². The fraction of sp³-hybridized carbons (Fsp3) is 0.714. The van der Waals surface area contributed by atoms with Crippen LogP contribution in [0.1, 0.15) is 44.4 Å². The predicted octanol–water partition coefficient (Wildman–Crippen LogP) is 2.22. The molecule has 120 valence electrons. The minimum Gasteiger partial charge on any atom is -0.375 e. The Bertz CT molecular complexity index is 565. The van der Waals surface area contributed by atoms with Crippen LogP contribution in [0.15, 0.2) is 16.3 Å². The van der Waals surface area contributed by atoms with Gasteiger partial charge >= 0.3 is 0 Å². The lowest BCUT2D eigenvalue weighted by molar-refractivity contribution is -0.0905. The van der Waals surface area contributed by atoms with Gasteiger partial charge < -0.3 is 10.5 Å². The Morgan fingerprint density at radius 3 is 2.76 bits per heavy atom. The normalized spacial score (nSPS) is 22.3. The fourth-order valence-electron chi connectivity index (χ4n) is 2.77. The highest BCUT2D eigenvalue weighted by atomic mass is 32.2. The maximum atomic E-state index is 12.4. The van der Waals surface area contributed by atoms with E-state index in [1.807, 2.05) is 0 Å². The van der Waals surface area contributed by atoms with Crippen LogP contribution in [-0.4, -0.2) is 26.7 Å². The fourth-order valence-corrected chi connectivity index (χ4v) is 5.19. The zero-order valence-electron chi connectivity index (χ0n) is 12.6. The van der Waals surface area contributed by atoms with Gasteiger partial charge in [-0.05, 0) is 31.7 Å². The highest BCUT2D eigenvalue weighted by Gasteiger charge is 2.36. The third kappa shape index (κ3) is 3.84. The van der Waals surface area contributed by atoms with E-state index in [0.29, 0.717) is 18.0 Å². The third-order valence-electron chi connectivity index (χ3n) is 4.24. The van der Waals surface area contributed by atoms with Crippen molar-refractivity contribution in [2.24, 2.45) is 5.73 Å². The van der Waals surface area contributed by atoms with Crippen LogP contribution < -0.4 is 10.5 Å². The number of hydrogen-bond donors (Lipinski definition) is 2. The second-order valence-electron chi connectivity index (χ2n) is 5.50. The van der Waals surface area contributed by atoms with Crippen LogP contribution in [0.4, 0.5) is 0 Å². The number of ether oxygens (including phenoxy) is 1. The molecule has 0 bridgehead atoms. The first-order valence-corrected chi connectivity index (χ1v) is 9.74. The molecule has 2 rings (SSSR count). The zero-order chi connectivity index (χ0) is 15.5. The van der Waals surface area contributed by atoms with Gasteiger partial charge in [0, 0.05) is 29.5 Å². The van der Waals surface area contributed by atoms with Crippen LogP contribution in [0, 0.1) is 0 Å². The summed E-state index contributed by atoms with van der Waals surface area (Å²) in [6, 6.07) is 1.59. The molecule has 1 fully saturated rings. The van der Waals surface area contributed by atoms with Gasteiger partial charge in [-0.1, -0.05) is 13.8 Å². The minimum absolute atomic E-state index is 0.0649. The van der Waals surface area contributed by atoms with Crippen LogP contribution in [-0.2, 0) is 21.3 Å². The number of nitrogens with one attached hydrogen (secondary N) is 1. The lowest BCUT2D eigenvalue weighted by Gasteiger charge is -2.40. The van der Waals surface area contributed by atoms with Gasteiger partial charge in [-0.15, -0.1) is 11.3 Å². The van der Waals surface area contributed by atoms with Crippen LogP contribution in [0.5, 0.6) is 0 Å². The van der Waals surface area contributed by atoms with E-state index in [2.05, 4.69) is 18.6 Å². The number of hydrogen-bond acceptors (Lipinski definition) is 5. The zero-order valence-corrected chi connectivity index (χ0v) is 14.2. The van der Waals surface area contributed by atoms with Crippen molar-refractivity contribution in [1.29, 1.82) is 0 Å². The van der Waals surface area contributed by atoms with Gasteiger partial charge in [0.15, 0.2) is 0 Å². The summed E-state index contributed by atoms with van der Waals surface area (Å²) in [5.41, 5.74) is 5.35. The highest BCUT2D eigenvalue weighted by Crippen LogP contribution is 2.32. The molecule has 1 atom stereocenters. The first-order chi connectivity index (χ1) is 9.94. The molecule has 0 spiro atoms. The summed E-state index contributed by atoms with van der Waals surface area (Å²) in [5, 5.41) is 1.65. The molecule has 1 saturated heterocycles. The van der Waals surface area contributed by atoms with Crippen LogP contribution in [0.2, 0.25) is 0 Å². The third-order valence-corrected chi connectivity index (χ3v) is 6.85. The lowest BCUT2D eigenvalue weighted by atomic mass is 9.86. The Kier molecular flexibility index (Phi) is 5.43. The van der Waals surface area contributed by atoms with Crippen molar-refractivity contribution in [3.05, 3.63) is 16.3 Å². The van der Waals surface area contributed by atoms with E-state index in [1.165, 1.54) is 11.3 Å². The van der Waals surface area contributed by atoms with Gasteiger partial charge in [0.25, 0.3) is 0 Å². The van der Waals surface area contributed by atoms with Gasteiger partial charge in [0.05, 0.1) is 10.5 Å². The van der Waals surface area contributed by atoms with Crippen molar-refractivity contribution in [3.63, 3.8) is 0 Å². The Balaban J connectivity index is 2.09. The van der Waals surface area contributed by atoms with E-state index in [0.717, 1.165) is 30.6 Å². The van der Waals surface area contributed by atoms with Crippen LogP contribution >= 0.6 is 11.3 Å². The van der Waals surface area contributed by atoms with Gasteiger partial charge in [-0.3, -0.25) is 0 Å². The SMILES string of the molecule is CCC1(CC)CC(NS(=O)(=O)c2csc(CN)c2)CCO1. The summed E-state index contributed by atoms with van der Waals surface area (Å²) in [6.45, 7) is 5.15. The second-order valence-corrected chi connectivity index (χ2v) is 8.21. The molecule has 1 aliphatic rings. The maximum Gasteiger partial charge on any atom is 0.241 e. The number of sulfonamides is 1. The molecule has 0 amide bonds. The summed E-state index contributed by atoms with van der Waals surface area (Å²) in [5.74, 6) is 0. The van der Waals surface area contributed by atoms with Crippen molar-refractivity contribution < 1.29 is 13.2 Å². The Morgan fingerprint density at radius 2 is 2.19 bits per heavy atom. The molecule has 1 unspecified atom stereocenters. The molecule has 0 saturated carbocycles. The van der Waals surface area contributed by atoms with Crippen molar-refractivity contribution in [1.82, 2.24) is 4.72 Å². The first kappa shape index (κ1) is 16.9. The second kappa shape index (κ2) is 6.75. The summed E-state index contributed by atoms with van der Waals surface area (Å²) in [6.07, 6.45) is 3.25. The van der Waals surface area contributed by atoms with Gasteiger partial charge in [-0.2, -0.15) is 0 Å². The summed E-state index contributed by atoms with van der Waals surface area (Å²) >= 11 is 1.38. The molecule has 0 aliphatic carbocycles. The first-order valence-electron chi connectivity index (χ1n) is 7.38. The summed E-state index contributed by atoms with van der Waals surface area (Å²) in [7, 11) is -3.47. The van der Waals surface area contributed by atoms with Crippen molar-refractivity contribution in [2.45, 2.75) is 62.6 Å². The molecule has 21 heavy (non-hydrogen) atoms.